The zero-order valence-corrected chi connectivity index (χ0v) is 12.2. The number of aliphatic hydroxyl groups excluding tert-OH is 1. The molecule has 0 aromatic heterocycles. The highest BCUT2D eigenvalue weighted by Gasteiger charge is 2.40. The zero-order chi connectivity index (χ0) is 12.4. The Kier molecular flexibility index (Phi) is 4.57. The molecule has 0 amide bonds. The minimum atomic E-state index is -1.67. The molecule has 1 fully saturated rings. The minimum Gasteiger partial charge on any atom is -0.414 e. The van der Waals surface area contributed by atoms with Gasteiger partial charge in [0.15, 0.2) is 8.32 Å². The summed E-state index contributed by atoms with van der Waals surface area (Å²) in [5.74, 6) is 0. The summed E-state index contributed by atoms with van der Waals surface area (Å²) in [6, 6.07) is 0. The first kappa shape index (κ1) is 14.2. The van der Waals surface area contributed by atoms with Gasteiger partial charge >= 0.3 is 0 Å². The maximum Gasteiger partial charge on any atom is 0.192 e. The van der Waals surface area contributed by atoms with E-state index >= 15 is 0 Å². The summed E-state index contributed by atoms with van der Waals surface area (Å²) in [4.78, 5) is 0. The van der Waals surface area contributed by atoms with Gasteiger partial charge in [0.1, 0.15) is 0 Å². The fourth-order valence-corrected chi connectivity index (χ4v) is 3.07. The van der Waals surface area contributed by atoms with Gasteiger partial charge in [-0.15, -0.1) is 0 Å². The summed E-state index contributed by atoms with van der Waals surface area (Å²) in [5.41, 5.74) is 0. The lowest BCUT2D eigenvalue weighted by molar-refractivity contribution is -0.0604. The summed E-state index contributed by atoms with van der Waals surface area (Å²) in [6.45, 7) is 12.1. The van der Waals surface area contributed by atoms with Crippen LogP contribution in [0.4, 0.5) is 0 Å². The molecule has 2 atom stereocenters. The second kappa shape index (κ2) is 5.17. The molecular formula is C12H26O3Si. The molecule has 0 aliphatic carbocycles. The Balaban J connectivity index is 2.53. The van der Waals surface area contributed by atoms with Crippen molar-refractivity contribution in [3.63, 3.8) is 0 Å². The first-order valence-corrected chi connectivity index (χ1v) is 9.07. The second-order valence-corrected chi connectivity index (χ2v) is 11.0. The van der Waals surface area contributed by atoms with Gasteiger partial charge in [0.05, 0.1) is 12.7 Å². The van der Waals surface area contributed by atoms with E-state index in [1.165, 1.54) is 0 Å². The quantitative estimate of drug-likeness (QED) is 0.778. The van der Waals surface area contributed by atoms with Gasteiger partial charge in [-0.2, -0.15) is 0 Å². The van der Waals surface area contributed by atoms with E-state index in [1.54, 1.807) is 0 Å². The molecule has 1 aliphatic rings. The molecule has 1 rings (SSSR count). The first-order chi connectivity index (χ1) is 7.26. The van der Waals surface area contributed by atoms with Crippen molar-refractivity contribution >= 4 is 8.32 Å². The van der Waals surface area contributed by atoms with Crippen molar-refractivity contribution in [2.75, 3.05) is 13.2 Å². The number of aliphatic hydroxyl groups is 1. The highest BCUT2D eigenvalue weighted by atomic mass is 28.4. The van der Waals surface area contributed by atoms with Gasteiger partial charge in [0.25, 0.3) is 0 Å². The van der Waals surface area contributed by atoms with Crippen molar-refractivity contribution in [3.8, 4) is 0 Å². The topological polar surface area (TPSA) is 38.7 Å². The van der Waals surface area contributed by atoms with Gasteiger partial charge in [0.2, 0.25) is 0 Å². The molecule has 1 aliphatic heterocycles. The second-order valence-electron chi connectivity index (χ2n) is 6.20. The van der Waals surface area contributed by atoms with Crippen LogP contribution in [0.1, 0.15) is 33.6 Å². The monoisotopic (exact) mass is 246 g/mol. The predicted octanol–water partition coefficient (Wildman–Crippen LogP) is 2.55. The van der Waals surface area contributed by atoms with Crippen LogP contribution in [0.3, 0.4) is 0 Å². The van der Waals surface area contributed by atoms with Crippen LogP contribution in [0.15, 0.2) is 0 Å². The Morgan fingerprint density at radius 2 is 2.00 bits per heavy atom. The molecule has 0 radical (unpaired) electrons. The van der Waals surface area contributed by atoms with Gasteiger partial charge in [-0.1, -0.05) is 20.8 Å². The summed E-state index contributed by atoms with van der Waals surface area (Å²) in [5, 5.41) is 9.35. The van der Waals surface area contributed by atoms with Crippen LogP contribution < -0.4 is 0 Å². The molecule has 96 valence electrons. The molecule has 0 saturated carbocycles. The van der Waals surface area contributed by atoms with E-state index < -0.39 is 8.32 Å². The van der Waals surface area contributed by atoms with E-state index in [0.717, 1.165) is 12.8 Å². The highest BCUT2D eigenvalue weighted by Crippen LogP contribution is 2.38. The van der Waals surface area contributed by atoms with Crippen molar-refractivity contribution in [2.45, 2.75) is 64.0 Å². The van der Waals surface area contributed by atoms with Crippen molar-refractivity contribution < 1.29 is 14.3 Å². The third-order valence-corrected chi connectivity index (χ3v) is 8.33. The Hall–Kier alpha value is 0.0969. The van der Waals surface area contributed by atoms with Crippen LogP contribution >= 0.6 is 0 Å². The van der Waals surface area contributed by atoms with Crippen molar-refractivity contribution in [1.82, 2.24) is 0 Å². The summed E-state index contributed by atoms with van der Waals surface area (Å²) in [7, 11) is -1.67. The Labute approximate surface area is 100 Å². The molecule has 0 bridgehead atoms. The van der Waals surface area contributed by atoms with Gasteiger partial charge in [-0.25, -0.2) is 0 Å². The maximum absolute atomic E-state index is 9.10. The summed E-state index contributed by atoms with van der Waals surface area (Å²) >= 11 is 0. The van der Waals surface area contributed by atoms with E-state index in [2.05, 4.69) is 33.9 Å². The van der Waals surface area contributed by atoms with Crippen LogP contribution in [0.25, 0.3) is 0 Å². The zero-order valence-electron chi connectivity index (χ0n) is 11.2. The standard InChI is InChI=1S/C12H26O3Si/c1-12(2,3)16(4,5)15-10-6-7-14-11(8-10)9-13/h10-11,13H,6-9H2,1-5H3/t10-,11+/m0/s1. The average molecular weight is 246 g/mol. The van der Waals surface area contributed by atoms with Crippen LogP contribution in [0, 0.1) is 0 Å². The van der Waals surface area contributed by atoms with Crippen LogP contribution in [0.5, 0.6) is 0 Å². The molecule has 0 aromatic rings. The van der Waals surface area contributed by atoms with E-state index in [4.69, 9.17) is 14.3 Å². The van der Waals surface area contributed by atoms with Gasteiger partial charge in [0, 0.05) is 19.1 Å². The molecule has 1 heterocycles. The normalized spacial score (nSPS) is 28.1. The average Bonchev–Trinajstić information content (AvgIpc) is 2.15. The molecular weight excluding hydrogens is 220 g/mol. The fourth-order valence-electron chi connectivity index (χ4n) is 1.67. The molecule has 1 saturated heterocycles. The highest BCUT2D eigenvalue weighted by molar-refractivity contribution is 6.74. The van der Waals surface area contributed by atoms with E-state index in [-0.39, 0.29) is 23.9 Å². The van der Waals surface area contributed by atoms with E-state index in [9.17, 15) is 0 Å². The van der Waals surface area contributed by atoms with Crippen molar-refractivity contribution in [3.05, 3.63) is 0 Å². The lowest BCUT2D eigenvalue weighted by atomic mass is 10.1. The summed E-state index contributed by atoms with van der Waals surface area (Å²) in [6.07, 6.45) is 2.04. The minimum absolute atomic E-state index is 0.0245. The van der Waals surface area contributed by atoms with Gasteiger partial charge in [-0.05, 0) is 24.6 Å². The third-order valence-electron chi connectivity index (χ3n) is 3.79. The van der Waals surface area contributed by atoms with Crippen LogP contribution in [0.2, 0.25) is 18.1 Å². The molecule has 0 spiro atoms. The molecule has 4 heteroatoms. The van der Waals surface area contributed by atoms with Crippen molar-refractivity contribution in [1.29, 1.82) is 0 Å². The van der Waals surface area contributed by atoms with Crippen LogP contribution in [-0.4, -0.2) is 38.8 Å². The first-order valence-electron chi connectivity index (χ1n) is 6.16. The fraction of sp³-hybridized carbons (Fsp3) is 1.00. The Morgan fingerprint density at radius 1 is 1.38 bits per heavy atom. The predicted molar refractivity (Wildman–Crippen MR) is 68.1 cm³/mol. The number of hydrogen-bond donors (Lipinski definition) is 1. The van der Waals surface area contributed by atoms with Crippen molar-refractivity contribution in [2.24, 2.45) is 0 Å². The maximum atomic E-state index is 9.10. The van der Waals surface area contributed by atoms with E-state index in [0.29, 0.717) is 6.61 Å². The Morgan fingerprint density at radius 3 is 2.50 bits per heavy atom. The molecule has 3 nitrogen and oxygen atoms in total. The van der Waals surface area contributed by atoms with Crippen LogP contribution in [-0.2, 0) is 9.16 Å². The molecule has 16 heavy (non-hydrogen) atoms. The van der Waals surface area contributed by atoms with Gasteiger partial charge in [-0.3, -0.25) is 0 Å². The molecule has 0 aromatic carbocycles. The van der Waals surface area contributed by atoms with Gasteiger partial charge < -0.3 is 14.3 Å². The summed E-state index contributed by atoms with van der Waals surface area (Å²) < 4.78 is 11.8. The molecule has 1 N–H and O–H groups in total. The smallest absolute Gasteiger partial charge is 0.192 e. The SMILES string of the molecule is CC(C)(C)[Si](C)(C)O[C@H]1CCO[C@@H](CO)C1. The number of ether oxygens (including phenoxy) is 1. The lowest BCUT2D eigenvalue weighted by Gasteiger charge is -2.41. The Bertz CT molecular complexity index is 223. The third kappa shape index (κ3) is 3.55. The number of rotatable bonds is 3. The largest absolute Gasteiger partial charge is 0.414 e. The molecule has 0 unspecified atom stereocenters. The van der Waals surface area contributed by atoms with E-state index in [1.807, 2.05) is 0 Å². The lowest BCUT2D eigenvalue weighted by Crippen LogP contribution is -2.46. The number of hydrogen-bond acceptors (Lipinski definition) is 3.